The van der Waals surface area contributed by atoms with Crippen molar-refractivity contribution in [1.29, 1.82) is 0 Å². The first-order chi connectivity index (χ1) is 9.29. The van der Waals surface area contributed by atoms with Crippen LogP contribution in [0.25, 0.3) is 0 Å². The fourth-order valence-electron chi connectivity index (χ4n) is 1.54. The first-order valence-corrected chi connectivity index (χ1v) is 8.36. The van der Waals surface area contributed by atoms with Crippen LogP contribution in [0, 0.1) is 0 Å². The number of nitrogens with two attached hydrogens (primary N) is 1. The topological polar surface area (TPSA) is 72.2 Å². The van der Waals surface area contributed by atoms with Gasteiger partial charge in [0.1, 0.15) is 4.90 Å². The average Bonchev–Trinajstić information content (AvgIpc) is 2.32. The summed E-state index contributed by atoms with van der Waals surface area (Å²) in [6, 6.07) is 8.98. The SMILES string of the molecule is Nc1cc(Cl)ccc1S(=O)(=O)Nc1ccc(Br)cc1Cl. The fourth-order valence-corrected chi connectivity index (χ4v) is 3.69. The summed E-state index contributed by atoms with van der Waals surface area (Å²) in [6.45, 7) is 0. The van der Waals surface area contributed by atoms with Gasteiger partial charge >= 0.3 is 0 Å². The van der Waals surface area contributed by atoms with Gasteiger partial charge < -0.3 is 5.73 Å². The second kappa shape index (κ2) is 5.81. The Balaban J connectivity index is 2.41. The number of hydrogen-bond donors (Lipinski definition) is 2. The van der Waals surface area contributed by atoms with Crippen LogP contribution in [0.1, 0.15) is 0 Å². The standard InChI is InChI=1S/C12H9BrCl2N2O2S/c13-7-1-3-11(9(15)5-7)17-20(18,19)12-4-2-8(14)6-10(12)16/h1-6,17H,16H2. The molecule has 0 aliphatic heterocycles. The molecule has 4 nitrogen and oxygen atoms in total. The van der Waals surface area contributed by atoms with Gasteiger partial charge in [0.05, 0.1) is 16.4 Å². The lowest BCUT2D eigenvalue weighted by molar-refractivity contribution is 0.601. The summed E-state index contributed by atoms with van der Waals surface area (Å²) < 4.78 is 27.7. The molecule has 0 aromatic heterocycles. The summed E-state index contributed by atoms with van der Waals surface area (Å²) in [4.78, 5) is -0.0547. The number of halogens is 3. The predicted molar refractivity (Wildman–Crippen MR) is 85.8 cm³/mol. The molecule has 0 saturated carbocycles. The van der Waals surface area contributed by atoms with E-state index in [-0.39, 0.29) is 21.3 Å². The maximum atomic E-state index is 12.3. The van der Waals surface area contributed by atoms with Crippen LogP contribution >= 0.6 is 39.1 Å². The molecule has 20 heavy (non-hydrogen) atoms. The fraction of sp³-hybridized carbons (Fsp3) is 0. The molecule has 106 valence electrons. The molecule has 0 radical (unpaired) electrons. The van der Waals surface area contributed by atoms with Crippen molar-refractivity contribution >= 4 is 60.5 Å². The van der Waals surface area contributed by atoms with Crippen molar-refractivity contribution in [3.63, 3.8) is 0 Å². The Morgan fingerprint density at radius 2 is 1.80 bits per heavy atom. The zero-order chi connectivity index (χ0) is 14.9. The Bertz CT molecular complexity index is 766. The lowest BCUT2D eigenvalue weighted by Gasteiger charge is -2.11. The van der Waals surface area contributed by atoms with Crippen LogP contribution in [0.3, 0.4) is 0 Å². The lowest BCUT2D eigenvalue weighted by atomic mass is 10.3. The Labute approximate surface area is 135 Å². The zero-order valence-electron chi connectivity index (χ0n) is 9.90. The molecular formula is C12H9BrCl2N2O2S. The molecule has 0 unspecified atom stereocenters. The summed E-state index contributed by atoms with van der Waals surface area (Å²) in [6.07, 6.45) is 0. The van der Waals surface area contributed by atoms with Crippen molar-refractivity contribution in [3.8, 4) is 0 Å². The molecule has 0 spiro atoms. The summed E-state index contributed by atoms with van der Waals surface area (Å²) in [5.41, 5.74) is 6.01. The van der Waals surface area contributed by atoms with E-state index in [2.05, 4.69) is 20.7 Å². The van der Waals surface area contributed by atoms with Crippen LogP contribution < -0.4 is 10.5 Å². The van der Waals surface area contributed by atoms with Crippen molar-refractivity contribution < 1.29 is 8.42 Å². The van der Waals surface area contributed by atoms with Gasteiger partial charge in [0.25, 0.3) is 10.0 Å². The number of nitrogen functional groups attached to an aromatic ring is 1. The number of hydrogen-bond acceptors (Lipinski definition) is 3. The Morgan fingerprint density at radius 3 is 2.40 bits per heavy atom. The van der Waals surface area contributed by atoms with Crippen LogP contribution in [0.15, 0.2) is 45.8 Å². The normalized spacial score (nSPS) is 11.3. The number of benzene rings is 2. The van der Waals surface area contributed by atoms with Crippen molar-refractivity contribution in [1.82, 2.24) is 0 Å². The molecule has 2 rings (SSSR count). The lowest BCUT2D eigenvalue weighted by Crippen LogP contribution is -2.15. The molecule has 0 aliphatic rings. The number of rotatable bonds is 3. The van der Waals surface area contributed by atoms with E-state index in [1.54, 1.807) is 18.2 Å². The van der Waals surface area contributed by atoms with E-state index < -0.39 is 10.0 Å². The molecule has 0 saturated heterocycles. The molecule has 8 heteroatoms. The van der Waals surface area contributed by atoms with Crippen LogP contribution in [0.2, 0.25) is 10.0 Å². The van der Waals surface area contributed by atoms with Gasteiger partial charge in [-0.3, -0.25) is 4.72 Å². The predicted octanol–water partition coefficient (Wildman–Crippen LogP) is 4.14. The molecule has 0 amide bonds. The molecule has 0 bridgehead atoms. The molecule has 0 fully saturated rings. The third kappa shape index (κ3) is 3.38. The van der Waals surface area contributed by atoms with Gasteiger partial charge in [-0.15, -0.1) is 0 Å². The van der Waals surface area contributed by atoms with Crippen molar-refractivity contribution in [2.45, 2.75) is 4.90 Å². The maximum absolute atomic E-state index is 12.3. The van der Waals surface area contributed by atoms with E-state index in [9.17, 15) is 8.42 Å². The molecular weight excluding hydrogens is 387 g/mol. The van der Waals surface area contributed by atoms with E-state index in [0.29, 0.717) is 5.02 Å². The summed E-state index contributed by atoms with van der Waals surface area (Å²) in [5, 5.41) is 0.638. The van der Waals surface area contributed by atoms with Crippen LogP contribution in [0.4, 0.5) is 11.4 Å². The Hall–Kier alpha value is -0.950. The molecule has 2 aromatic carbocycles. The molecule has 3 N–H and O–H groups in total. The number of sulfonamides is 1. The van der Waals surface area contributed by atoms with Crippen molar-refractivity contribution in [3.05, 3.63) is 50.9 Å². The molecule has 0 heterocycles. The van der Waals surface area contributed by atoms with E-state index in [1.807, 2.05) is 0 Å². The van der Waals surface area contributed by atoms with Gasteiger partial charge in [-0.2, -0.15) is 0 Å². The first kappa shape index (κ1) is 15.4. The molecule has 0 atom stereocenters. The number of nitrogens with one attached hydrogen (secondary N) is 1. The van der Waals surface area contributed by atoms with Gasteiger partial charge in [0.2, 0.25) is 0 Å². The van der Waals surface area contributed by atoms with Gasteiger partial charge in [0.15, 0.2) is 0 Å². The van der Waals surface area contributed by atoms with Gasteiger partial charge in [0, 0.05) is 9.50 Å². The second-order valence-electron chi connectivity index (χ2n) is 3.91. The van der Waals surface area contributed by atoms with E-state index in [1.165, 1.54) is 18.2 Å². The quantitative estimate of drug-likeness (QED) is 0.767. The highest BCUT2D eigenvalue weighted by atomic mass is 79.9. The van der Waals surface area contributed by atoms with Gasteiger partial charge in [-0.1, -0.05) is 39.1 Å². The third-order valence-corrected chi connectivity index (χ3v) is 4.92. The van der Waals surface area contributed by atoms with Crippen molar-refractivity contribution in [2.24, 2.45) is 0 Å². The maximum Gasteiger partial charge on any atom is 0.263 e. The second-order valence-corrected chi connectivity index (χ2v) is 7.32. The smallest absolute Gasteiger partial charge is 0.263 e. The van der Waals surface area contributed by atoms with Crippen LogP contribution in [-0.4, -0.2) is 8.42 Å². The largest absolute Gasteiger partial charge is 0.398 e. The number of anilines is 2. The monoisotopic (exact) mass is 394 g/mol. The van der Waals surface area contributed by atoms with Gasteiger partial charge in [-0.05, 0) is 36.4 Å². The highest BCUT2D eigenvalue weighted by molar-refractivity contribution is 9.10. The third-order valence-electron chi connectivity index (χ3n) is 2.44. The van der Waals surface area contributed by atoms with Crippen LogP contribution in [-0.2, 0) is 10.0 Å². The average molecular weight is 396 g/mol. The van der Waals surface area contributed by atoms with E-state index in [4.69, 9.17) is 28.9 Å². The molecule has 2 aromatic rings. The minimum atomic E-state index is -3.83. The minimum absolute atomic E-state index is 0.0547. The van der Waals surface area contributed by atoms with Crippen molar-refractivity contribution in [2.75, 3.05) is 10.5 Å². The van der Waals surface area contributed by atoms with E-state index >= 15 is 0 Å². The summed E-state index contributed by atoms with van der Waals surface area (Å²) >= 11 is 15.0. The Kier molecular flexibility index (Phi) is 4.49. The first-order valence-electron chi connectivity index (χ1n) is 5.32. The molecule has 0 aliphatic carbocycles. The summed E-state index contributed by atoms with van der Waals surface area (Å²) in [7, 11) is -3.83. The van der Waals surface area contributed by atoms with Crippen LogP contribution in [0.5, 0.6) is 0 Å². The highest BCUT2D eigenvalue weighted by Gasteiger charge is 2.19. The van der Waals surface area contributed by atoms with Gasteiger partial charge in [-0.25, -0.2) is 8.42 Å². The minimum Gasteiger partial charge on any atom is -0.398 e. The highest BCUT2D eigenvalue weighted by Crippen LogP contribution is 2.29. The Morgan fingerprint density at radius 1 is 1.10 bits per heavy atom. The summed E-state index contributed by atoms with van der Waals surface area (Å²) in [5.74, 6) is 0. The van der Waals surface area contributed by atoms with E-state index in [0.717, 1.165) is 4.47 Å². The zero-order valence-corrected chi connectivity index (χ0v) is 13.8.